The SMILES string of the molecule is CC(=O)/C=C/C(C)=C\N. The molecule has 0 fully saturated rings. The summed E-state index contributed by atoms with van der Waals surface area (Å²) in [5, 5.41) is 0. The molecule has 0 unspecified atom stereocenters. The molecule has 2 N–H and O–H groups in total. The largest absolute Gasteiger partial charge is 0.404 e. The van der Waals surface area contributed by atoms with Crippen molar-refractivity contribution < 1.29 is 4.79 Å². The monoisotopic (exact) mass is 125 g/mol. The number of nitrogens with two attached hydrogens (primary N) is 1. The minimum Gasteiger partial charge on any atom is -0.404 e. The molecule has 0 aromatic heterocycles. The summed E-state index contributed by atoms with van der Waals surface area (Å²) in [7, 11) is 0. The molecule has 2 heteroatoms. The molecule has 0 saturated carbocycles. The van der Waals surface area contributed by atoms with Crippen molar-refractivity contribution in [2.75, 3.05) is 0 Å². The zero-order chi connectivity index (χ0) is 7.28. The van der Waals surface area contributed by atoms with Crippen LogP contribution in [0.4, 0.5) is 0 Å². The van der Waals surface area contributed by atoms with Gasteiger partial charge in [0.15, 0.2) is 5.78 Å². The van der Waals surface area contributed by atoms with Gasteiger partial charge in [0.05, 0.1) is 0 Å². The Morgan fingerprint density at radius 2 is 1.89 bits per heavy atom. The molecule has 0 aliphatic carbocycles. The lowest BCUT2D eigenvalue weighted by Gasteiger charge is -1.84. The van der Waals surface area contributed by atoms with Crippen molar-refractivity contribution in [2.24, 2.45) is 5.73 Å². The third-order valence-corrected chi connectivity index (χ3v) is 0.844. The summed E-state index contributed by atoms with van der Waals surface area (Å²) in [4.78, 5) is 10.3. The number of carbonyl (C=O) groups excluding carboxylic acids is 1. The van der Waals surface area contributed by atoms with E-state index in [0.717, 1.165) is 5.57 Å². The van der Waals surface area contributed by atoms with Gasteiger partial charge in [-0.25, -0.2) is 0 Å². The summed E-state index contributed by atoms with van der Waals surface area (Å²) in [6, 6.07) is 0. The summed E-state index contributed by atoms with van der Waals surface area (Å²) in [6.45, 7) is 3.33. The maximum absolute atomic E-state index is 10.3. The zero-order valence-corrected chi connectivity index (χ0v) is 5.72. The van der Waals surface area contributed by atoms with Crippen LogP contribution < -0.4 is 5.73 Å². The van der Waals surface area contributed by atoms with Gasteiger partial charge < -0.3 is 5.73 Å². The van der Waals surface area contributed by atoms with Crippen molar-refractivity contribution in [2.45, 2.75) is 13.8 Å². The Morgan fingerprint density at radius 1 is 1.33 bits per heavy atom. The third-order valence-electron chi connectivity index (χ3n) is 0.844. The van der Waals surface area contributed by atoms with E-state index < -0.39 is 0 Å². The number of rotatable bonds is 2. The van der Waals surface area contributed by atoms with Crippen LogP contribution in [0.1, 0.15) is 13.8 Å². The molecule has 0 aliphatic heterocycles. The summed E-state index contributed by atoms with van der Waals surface area (Å²) in [5.74, 6) is 0.0381. The predicted octanol–water partition coefficient (Wildman–Crippen LogP) is 0.994. The van der Waals surface area contributed by atoms with Crippen molar-refractivity contribution in [3.8, 4) is 0 Å². The van der Waals surface area contributed by atoms with Crippen LogP contribution in [0.15, 0.2) is 23.9 Å². The number of hydrogen-bond donors (Lipinski definition) is 1. The molecule has 0 atom stereocenters. The Hall–Kier alpha value is -1.05. The van der Waals surface area contributed by atoms with Gasteiger partial charge in [0.2, 0.25) is 0 Å². The van der Waals surface area contributed by atoms with Crippen LogP contribution in [0.5, 0.6) is 0 Å². The normalized spacial score (nSPS) is 12.4. The first-order valence-electron chi connectivity index (χ1n) is 2.74. The molecule has 50 valence electrons. The van der Waals surface area contributed by atoms with Gasteiger partial charge in [-0.2, -0.15) is 0 Å². The zero-order valence-electron chi connectivity index (χ0n) is 5.72. The number of allylic oxidation sites excluding steroid dienone is 3. The molecule has 0 rings (SSSR count). The van der Waals surface area contributed by atoms with E-state index in [-0.39, 0.29) is 5.78 Å². The summed E-state index contributed by atoms with van der Waals surface area (Å²) < 4.78 is 0. The van der Waals surface area contributed by atoms with Crippen LogP contribution in [0.25, 0.3) is 0 Å². The molecule has 0 bridgehead atoms. The first kappa shape index (κ1) is 7.95. The maximum atomic E-state index is 10.3. The molecule has 9 heavy (non-hydrogen) atoms. The minimum absolute atomic E-state index is 0.0381. The van der Waals surface area contributed by atoms with Crippen molar-refractivity contribution >= 4 is 5.78 Å². The number of carbonyl (C=O) groups is 1. The molecule has 0 radical (unpaired) electrons. The summed E-state index contributed by atoms with van der Waals surface area (Å²) in [5.41, 5.74) is 6.03. The van der Waals surface area contributed by atoms with Crippen LogP contribution in [0.2, 0.25) is 0 Å². The van der Waals surface area contributed by atoms with Gasteiger partial charge in [-0.1, -0.05) is 6.08 Å². The Bertz CT molecular complexity index is 156. The third kappa shape index (κ3) is 4.81. The van der Waals surface area contributed by atoms with Crippen LogP contribution in [-0.2, 0) is 4.79 Å². The molecule has 2 nitrogen and oxygen atoms in total. The average Bonchev–Trinajstić information content (AvgIpc) is 1.83. The van der Waals surface area contributed by atoms with E-state index in [1.807, 2.05) is 6.92 Å². The van der Waals surface area contributed by atoms with Gasteiger partial charge in [-0.3, -0.25) is 4.79 Å². The second kappa shape index (κ2) is 3.89. The van der Waals surface area contributed by atoms with Crippen molar-refractivity contribution in [1.29, 1.82) is 0 Å². The average molecular weight is 125 g/mol. The first-order valence-corrected chi connectivity index (χ1v) is 2.74. The van der Waals surface area contributed by atoms with Crippen molar-refractivity contribution in [1.82, 2.24) is 0 Å². The molecular formula is C7H11NO. The smallest absolute Gasteiger partial charge is 0.152 e. The highest BCUT2D eigenvalue weighted by Gasteiger charge is 1.81. The highest BCUT2D eigenvalue weighted by Crippen LogP contribution is 1.90. The Kier molecular flexibility index (Phi) is 3.44. The van der Waals surface area contributed by atoms with Crippen molar-refractivity contribution in [3.63, 3.8) is 0 Å². The fraction of sp³-hybridized carbons (Fsp3) is 0.286. The standard InChI is InChI=1S/C7H11NO/c1-6(5-8)3-4-7(2)9/h3-5H,8H2,1-2H3/b4-3+,6-5-. The van der Waals surface area contributed by atoms with E-state index in [0.29, 0.717) is 0 Å². The molecule has 0 aromatic carbocycles. The molecule has 0 amide bonds. The summed E-state index contributed by atoms with van der Waals surface area (Å²) >= 11 is 0. The van der Waals surface area contributed by atoms with E-state index in [4.69, 9.17) is 5.73 Å². The van der Waals surface area contributed by atoms with E-state index in [1.165, 1.54) is 19.2 Å². The minimum atomic E-state index is 0.0381. The second-order valence-corrected chi connectivity index (χ2v) is 1.85. The van der Waals surface area contributed by atoms with E-state index >= 15 is 0 Å². The Labute approximate surface area is 55.1 Å². The highest BCUT2D eigenvalue weighted by atomic mass is 16.1. The van der Waals surface area contributed by atoms with E-state index in [1.54, 1.807) is 6.08 Å². The second-order valence-electron chi connectivity index (χ2n) is 1.85. The maximum Gasteiger partial charge on any atom is 0.152 e. The first-order chi connectivity index (χ1) is 4.16. The van der Waals surface area contributed by atoms with Gasteiger partial charge in [0, 0.05) is 0 Å². The van der Waals surface area contributed by atoms with Crippen LogP contribution in [0, 0.1) is 0 Å². The Balaban J connectivity index is 3.86. The van der Waals surface area contributed by atoms with Crippen LogP contribution in [0.3, 0.4) is 0 Å². The van der Waals surface area contributed by atoms with Gasteiger partial charge in [0.25, 0.3) is 0 Å². The fourth-order valence-corrected chi connectivity index (χ4v) is 0.304. The lowest BCUT2D eigenvalue weighted by atomic mass is 10.3. The van der Waals surface area contributed by atoms with Gasteiger partial charge in [-0.05, 0) is 31.7 Å². The van der Waals surface area contributed by atoms with E-state index in [2.05, 4.69) is 0 Å². The molecule has 0 aliphatic rings. The van der Waals surface area contributed by atoms with E-state index in [9.17, 15) is 4.79 Å². The molecule has 0 aromatic rings. The van der Waals surface area contributed by atoms with Crippen LogP contribution >= 0.6 is 0 Å². The quantitative estimate of drug-likeness (QED) is 0.442. The topological polar surface area (TPSA) is 43.1 Å². The molecular weight excluding hydrogens is 114 g/mol. The van der Waals surface area contributed by atoms with Gasteiger partial charge in [0.1, 0.15) is 0 Å². The summed E-state index contributed by atoms with van der Waals surface area (Å²) in [6.07, 6.45) is 4.63. The fourth-order valence-electron chi connectivity index (χ4n) is 0.304. The van der Waals surface area contributed by atoms with Crippen molar-refractivity contribution in [3.05, 3.63) is 23.9 Å². The molecule has 0 spiro atoms. The molecule has 0 saturated heterocycles. The van der Waals surface area contributed by atoms with Gasteiger partial charge in [-0.15, -0.1) is 0 Å². The number of ketones is 1. The molecule has 0 heterocycles. The highest BCUT2D eigenvalue weighted by molar-refractivity contribution is 5.87. The van der Waals surface area contributed by atoms with Crippen LogP contribution in [-0.4, -0.2) is 5.78 Å². The lowest BCUT2D eigenvalue weighted by Crippen LogP contribution is -1.83. The number of hydrogen-bond acceptors (Lipinski definition) is 2. The predicted molar refractivity (Wildman–Crippen MR) is 37.8 cm³/mol. The lowest BCUT2D eigenvalue weighted by molar-refractivity contribution is -0.112. The Morgan fingerprint density at radius 3 is 2.22 bits per heavy atom. The van der Waals surface area contributed by atoms with Gasteiger partial charge >= 0.3 is 0 Å².